The van der Waals surface area contributed by atoms with Gasteiger partial charge in [0.1, 0.15) is 6.04 Å². The van der Waals surface area contributed by atoms with Crippen LogP contribution in [0.3, 0.4) is 0 Å². The van der Waals surface area contributed by atoms with E-state index in [0.29, 0.717) is 29.4 Å². The number of anilines is 1. The second kappa shape index (κ2) is 6.71. The van der Waals surface area contributed by atoms with Crippen LogP contribution in [0.5, 0.6) is 0 Å². The number of amides is 3. The molecule has 3 amide bonds. The molecule has 1 atom stereocenters. The molecule has 2 aromatic rings. The number of hydrogen-bond acceptors (Lipinski definition) is 2. The van der Waals surface area contributed by atoms with Crippen LogP contribution in [0.4, 0.5) is 10.5 Å². The predicted octanol–water partition coefficient (Wildman–Crippen LogP) is 3.05. The summed E-state index contributed by atoms with van der Waals surface area (Å²) < 4.78 is 0. The standard InChI is InChI=1S/C17H16ClN3O2/c18-13-6-4-5-12(11-13)15-16(22)19-9-10-21(15)17(23)20-14-7-2-1-3-8-14/h1-8,11,15H,9-10H2,(H,19,22)(H,20,23). The van der Waals surface area contributed by atoms with Crippen LogP contribution in [0.2, 0.25) is 5.02 Å². The SMILES string of the molecule is O=C1NCCN(C(=O)Nc2ccccc2)C1c1cccc(Cl)c1. The van der Waals surface area contributed by atoms with Crippen molar-refractivity contribution in [3.63, 3.8) is 0 Å². The summed E-state index contributed by atoms with van der Waals surface area (Å²) in [6.07, 6.45) is 0. The molecule has 3 rings (SSSR count). The molecule has 0 aromatic heterocycles. The third-order valence-corrected chi connectivity index (χ3v) is 3.90. The molecular weight excluding hydrogens is 314 g/mol. The van der Waals surface area contributed by atoms with Gasteiger partial charge in [0, 0.05) is 23.8 Å². The highest BCUT2D eigenvalue weighted by molar-refractivity contribution is 6.30. The molecule has 2 N–H and O–H groups in total. The first kappa shape index (κ1) is 15.4. The van der Waals surface area contributed by atoms with E-state index in [2.05, 4.69) is 10.6 Å². The smallest absolute Gasteiger partial charge is 0.322 e. The van der Waals surface area contributed by atoms with Crippen molar-refractivity contribution >= 4 is 29.2 Å². The number of urea groups is 1. The minimum absolute atomic E-state index is 0.207. The Kier molecular flexibility index (Phi) is 4.48. The van der Waals surface area contributed by atoms with Crippen molar-refractivity contribution in [2.45, 2.75) is 6.04 Å². The average molecular weight is 330 g/mol. The quantitative estimate of drug-likeness (QED) is 0.889. The second-order valence-electron chi connectivity index (χ2n) is 5.24. The van der Waals surface area contributed by atoms with Crippen LogP contribution in [-0.4, -0.2) is 29.9 Å². The van der Waals surface area contributed by atoms with Crippen LogP contribution in [0.15, 0.2) is 54.6 Å². The van der Waals surface area contributed by atoms with E-state index in [0.717, 1.165) is 0 Å². The van der Waals surface area contributed by atoms with Crippen molar-refractivity contribution in [2.24, 2.45) is 0 Å². The Morgan fingerprint density at radius 1 is 1.17 bits per heavy atom. The predicted molar refractivity (Wildman–Crippen MR) is 89.4 cm³/mol. The lowest BCUT2D eigenvalue weighted by molar-refractivity contribution is -0.127. The maximum Gasteiger partial charge on any atom is 0.322 e. The normalized spacial score (nSPS) is 17.5. The maximum absolute atomic E-state index is 12.6. The summed E-state index contributed by atoms with van der Waals surface area (Å²) in [6.45, 7) is 0.861. The van der Waals surface area contributed by atoms with Gasteiger partial charge < -0.3 is 15.5 Å². The highest BCUT2D eigenvalue weighted by atomic mass is 35.5. The molecule has 0 bridgehead atoms. The van der Waals surface area contributed by atoms with Crippen molar-refractivity contribution < 1.29 is 9.59 Å². The van der Waals surface area contributed by atoms with Crippen LogP contribution in [-0.2, 0) is 4.79 Å². The van der Waals surface area contributed by atoms with E-state index in [1.165, 1.54) is 4.90 Å². The van der Waals surface area contributed by atoms with Gasteiger partial charge >= 0.3 is 6.03 Å². The van der Waals surface area contributed by atoms with Gasteiger partial charge in [0.05, 0.1) is 0 Å². The number of nitrogens with one attached hydrogen (secondary N) is 2. The Hall–Kier alpha value is -2.53. The van der Waals surface area contributed by atoms with E-state index >= 15 is 0 Å². The number of hydrogen-bond donors (Lipinski definition) is 2. The molecule has 2 aromatic carbocycles. The summed E-state index contributed by atoms with van der Waals surface area (Å²) in [7, 11) is 0. The Morgan fingerprint density at radius 2 is 1.96 bits per heavy atom. The van der Waals surface area contributed by atoms with Crippen LogP contribution in [0, 0.1) is 0 Å². The van der Waals surface area contributed by atoms with Gasteiger partial charge in [-0.15, -0.1) is 0 Å². The Bertz CT molecular complexity index is 721. The zero-order chi connectivity index (χ0) is 16.2. The summed E-state index contributed by atoms with van der Waals surface area (Å²) in [6, 6.07) is 15.2. The fraction of sp³-hybridized carbons (Fsp3) is 0.176. The van der Waals surface area contributed by atoms with Gasteiger partial charge in [0.15, 0.2) is 0 Å². The fourth-order valence-electron chi connectivity index (χ4n) is 2.61. The Morgan fingerprint density at radius 3 is 2.70 bits per heavy atom. The molecule has 1 fully saturated rings. The summed E-state index contributed by atoms with van der Waals surface area (Å²) in [5, 5.41) is 6.15. The number of rotatable bonds is 2. The first-order valence-corrected chi connectivity index (χ1v) is 7.69. The summed E-state index contributed by atoms with van der Waals surface area (Å²) in [4.78, 5) is 26.4. The van der Waals surface area contributed by atoms with Gasteiger partial charge in [-0.1, -0.05) is 41.9 Å². The molecule has 118 valence electrons. The summed E-state index contributed by atoms with van der Waals surface area (Å²) >= 11 is 6.02. The van der Waals surface area contributed by atoms with Crippen LogP contribution < -0.4 is 10.6 Å². The van der Waals surface area contributed by atoms with Gasteiger partial charge in [0.2, 0.25) is 5.91 Å². The monoisotopic (exact) mass is 329 g/mol. The first-order chi connectivity index (χ1) is 11.1. The van der Waals surface area contributed by atoms with Crippen molar-refractivity contribution in [1.82, 2.24) is 10.2 Å². The van der Waals surface area contributed by atoms with Crippen molar-refractivity contribution in [2.75, 3.05) is 18.4 Å². The highest BCUT2D eigenvalue weighted by Crippen LogP contribution is 2.26. The highest BCUT2D eigenvalue weighted by Gasteiger charge is 2.34. The van der Waals surface area contributed by atoms with Gasteiger partial charge in [-0.05, 0) is 29.8 Å². The van der Waals surface area contributed by atoms with Crippen LogP contribution in [0.1, 0.15) is 11.6 Å². The lowest BCUT2D eigenvalue weighted by Gasteiger charge is -2.35. The number of carbonyl (C=O) groups is 2. The lowest BCUT2D eigenvalue weighted by Crippen LogP contribution is -2.53. The van der Waals surface area contributed by atoms with Gasteiger partial charge in [-0.2, -0.15) is 0 Å². The van der Waals surface area contributed by atoms with E-state index in [4.69, 9.17) is 11.6 Å². The van der Waals surface area contributed by atoms with Gasteiger partial charge in [-0.25, -0.2) is 4.79 Å². The number of nitrogens with zero attached hydrogens (tertiary/aromatic N) is 1. The molecule has 1 heterocycles. The number of benzene rings is 2. The molecule has 0 radical (unpaired) electrons. The summed E-state index contributed by atoms with van der Waals surface area (Å²) in [5.74, 6) is -0.207. The Balaban J connectivity index is 1.86. The molecular formula is C17H16ClN3O2. The lowest BCUT2D eigenvalue weighted by atomic mass is 10.0. The summed E-state index contributed by atoms with van der Waals surface area (Å²) in [5.41, 5.74) is 1.38. The zero-order valence-corrected chi connectivity index (χ0v) is 13.1. The molecule has 23 heavy (non-hydrogen) atoms. The number of carbonyl (C=O) groups excluding carboxylic acids is 2. The van der Waals surface area contributed by atoms with E-state index in [9.17, 15) is 9.59 Å². The van der Waals surface area contributed by atoms with Crippen molar-refractivity contribution in [3.8, 4) is 0 Å². The largest absolute Gasteiger partial charge is 0.352 e. The Labute approximate surface area is 139 Å². The molecule has 5 nitrogen and oxygen atoms in total. The third-order valence-electron chi connectivity index (χ3n) is 3.66. The minimum Gasteiger partial charge on any atom is -0.352 e. The van der Waals surface area contributed by atoms with E-state index in [1.54, 1.807) is 36.4 Å². The number of piperazine rings is 1. The molecule has 0 spiro atoms. The number of halogens is 1. The third kappa shape index (κ3) is 3.46. The van der Waals surface area contributed by atoms with Gasteiger partial charge in [-0.3, -0.25) is 4.79 Å². The van der Waals surface area contributed by atoms with Gasteiger partial charge in [0.25, 0.3) is 0 Å². The molecule has 1 aliphatic heterocycles. The maximum atomic E-state index is 12.6. The minimum atomic E-state index is -0.689. The molecule has 1 aliphatic rings. The average Bonchev–Trinajstić information content (AvgIpc) is 2.55. The van der Waals surface area contributed by atoms with Crippen molar-refractivity contribution in [3.05, 3.63) is 65.2 Å². The number of para-hydroxylation sites is 1. The first-order valence-electron chi connectivity index (χ1n) is 7.31. The van der Waals surface area contributed by atoms with E-state index < -0.39 is 6.04 Å². The van der Waals surface area contributed by atoms with E-state index in [-0.39, 0.29) is 11.9 Å². The van der Waals surface area contributed by atoms with Crippen LogP contribution >= 0.6 is 11.6 Å². The zero-order valence-electron chi connectivity index (χ0n) is 12.3. The van der Waals surface area contributed by atoms with Crippen LogP contribution in [0.25, 0.3) is 0 Å². The molecule has 1 unspecified atom stereocenters. The topological polar surface area (TPSA) is 61.4 Å². The van der Waals surface area contributed by atoms with E-state index in [1.807, 2.05) is 18.2 Å². The molecule has 0 aliphatic carbocycles. The second-order valence-corrected chi connectivity index (χ2v) is 5.67. The molecule has 0 saturated carbocycles. The van der Waals surface area contributed by atoms with Crippen molar-refractivity contribution in [1.29, 1.82) is 0 Å². The molecule has 1 saturated heterocycles. The fourth-order valence-corrected chi connectivity index (χ4v) is 2.81. The molecule has 6 heteroatoms.